The molecule has 0 bridgehead atoms. The number of rotatable bonds is 6. The summed E-state index contributed by atoms with van der Waals surface area (Å²) in [6, 6.07) is 8.93. The minimum atomic E-state index is -0.226. The molecule has 10 nitrogen and oxygen atoms in total. The van der Waals surface area contributed by atoms with E-state index in [1.807, 2.05) is 6.07 Å². The van der Waals surface area contributed by atoms with E-state index in [1.165, 1.54) is 21.3 Å². The monoisotopic (exact) mass is 439 g/mol. The Hall–Kier alpha value is -3.95. The van der Waals surface area contributed by atoms with Crippen LogP contribution in [0.4, 0.5) is 5.69 Å². The summed E-state index contributed by atoms with van der Waals surface area (Å²) in [5.74, 6) is 3.25. The fourth-order valence-corrected chi connectivity index (χ4v) is 3.90. The van der Waals surface area contributed by atoms with Crippen molar-refractivity contribution >= 4 is 11.6 Å². The second kappa shape index (κ2) is 7.95. The van der Waals surface area contributed by atoms with Gasteiger partial charge < -0.3 is 33.1 Å². The van der Waals surface area contributed by atoms with Gasteiger partial charge in [0.1, 0.15) is 0 Å². The van der Waals surface area contributed by atoms with E-state index in [0.29, 0.717) is 52.6 Å². The Morgan fingerprint density at radius 2 is 1.75 bits per heavy atom. The summed E-state index contributed by atoms with van der Waals surface area (Å²) in [5.41, 5.74) is 1.39. The van der Waals surface area contributed by atoms with E-state index in [1.54, 1.807) is 29.2 Å². The maximum Gasteiger partial charge on any atom is 0.232 e. The van der Waals surface area contributed by atoms with Crippen molar-refractivity contribution in [1.29, 1.82) is 0 Å². The number of aromatic nitrogens is 2. The molecule has 0 saturated carbocycles. The average molecular weight is 439 g/mol. The highest BCUT2D eigenvalue weighted by Gasteiger charge is 2.36. The molecule has 1 amide bonds. The molecule has 1 fully saturated rings. The molecule has 0 radical (unpaired) electrons. The van der Waals surface area contributed by atoms with Crippen LogP contribution < -0.4 is 28.6 Å². The summed E-state index contributed by atoms with van der Waals surface area (Å²) in [5, 5.41) is 4.10. The van der Waals surface area contributed by atoms with E-state index >= 15 is 0 Å². The molecule has 0 N–H and O–H groups in total. The summed E-state index contributed by atoms with van der Waals surface area (Å²) in [7, 11) is 4.62. The van der Waals surface area contributed by atoms with E-state index in [-0.39, 0.29) is 25.0 Å². The quantitative estimate of drug-likeness (QED) is 0.573. The summed E-state index contributed by atoms with van der Waals surface area (Å²) in [4.78, 5) is 18.9. The Bertz CT molecular complexity index is 1150. The van der Waals surface area contributed by atoms with Crippen LogP contribution in [0.2, 0.25) is 0 Å². The van der Waals surface area contributed by atoms with Gasteiger partial charge in [0.15, 0.2) is 23.0 Å². The average Bonchev–Trinajstić information content (AvgIpc) is 3.56. The van der Waals surface area contributed by atoms with Gasteiger partial charge in [0, 0.05) is 30.3 Å². The number of amides is 1. The number of carbonyl (C=O) groups excluding carboxylic acids is 1. The van der Waals surface area contributed by atoms with Crippen LogP contribution in [-0.4, -0.2) is 50.7 Å². The first kappa shape index (κ1) is 20.0. The Labute approximate surface area is 183 Å². The second-order valence-corrected chi connectivity index (χ2v) is 7.31. The van der Waals surface area contributed by atoms with Crippen LogP contribution >= 0.6 is 0 Å². The van der Waals surface area contributed by atoms with Crippen molar-refractivity contribution in [1.82, 2.24) is 10.1 Å². The third-order valence-corrected chi connectivity index (χ3v) is 5.51. The van der Waals surface area contributed by atoms with Crippen LogP contribution in [-0.2, 0) is 4.79 Å². The number of benzene rings is 2. The highest BCUT2D eigenvalue weighted by molar-refractivity contribution is 5.96. The van der Waals surface area contributed by atoms with Gasteiger partial charge in [-0.15, -0.1) is 0 Å². The zero-order valence-corrected chi connectivity index (χ0v) is 17.8. The van der Waals surface area contributed by atoms with Crippen LogP contribution in [0.25, 0.3) is 11.4 Å². The van der Waals surface area contributed by atoms with Gasteiger partial charge in [-0.1, -0.05) is 5.16 Å². The predicted octanol–water partition coefficient (Wildman–Crippen LogP) is 3.01. The number of methoxy groups -OCH3 is 3. The lowest BCUT2D eigenvalue weighted by atomic mass is 10.1. The van der Waals surface area contributed by atoms with Gasteiger partial charge in [0.05, 0.1) is 27.2 Å². The van der Waals surface area contributed by atoms with Gasteiger partial charge in [-0.3, -0.25) is 4.79 Å². The molecule has 1 saturated heterocycles. The third kappa shape index (κ3) is 3.33. The van der Waals surface area contributed by atoms with E-state index in [4.69, 9.17) is 28.2 Å². The van der Waals surface area contributed by atoms with Crippen molar-refractivity contribution < 1.29 is 33.0 Å². The van der Waals surface area contributed by atoms with Crippen LogP contribution in [0.3, 0.4) is 0 Å². The molecule has 0 unspecified atom stereocenters. The molecule has 32 heavy (non-hydrogen) atoms. The summed E-state index contributed by atoms with van der Waals surface area (Å²) >= 11 is 0. The zero-order valence-electron chi connectivity index (χ0n) is 17.8. The van der Waals surface area contributed by atoms with Crippen molar-refractivity contribution in [3.63, 3.8) is 0 Å². The van der Waals surface area contributed by atoms with E-state index in [2.05, 4.69) is 10.1 Å². The van der Waals surface area contributed by atoms with E-state index in [9.17, 15) is 4.79 Å². The molecule has 1 aromatic heterocycles. The molecule has 3 heterocycles. The lowest BCUT2D eigenvalue weighted by Crippen LogP contribution is -2.24. The number of fused-ring (bicyclic) bond motifs is 1. The number of anilines is 1. The highest BCUT2D eigenvalue weighted by atomic mass is 16.7. The van der Waals surface area contributed by atoms with Crippen LogP contribution in [0.15, 0.2) is 34.9 Å². The smallest absolute Gasteiger partial charge is 0.232 e. The summed E-state index contributed by atoms with van der Waals surface area (Å²) in [6.45, 7) is 0.608. The second-order valence-electron chi connectivity index (χ2n) is 7.31. The van der Waals surface area contributed by atoms with Gasteiger partial charge in [-0.25, -0.2) is 0 Å². The molecule has 5 rings (SSSR count). The van der Waals surface area contributed by atoms with Gasteiger partial charge >= 0.3 is 0 Å². The molecule has 3 aromatic rings. The first-order valence-electron chi connectivity index (χ1n) is 9.95. The molecule has 0 spiro atoms. The standard InChI is InChI=1S/C22H21N3O7/c1-27-17-6-12(7-18(28-2)20(17)29-3)21-23-22(32-24-21)13-8-19(26)25(10-13)14-4-5-15-16(9-14)31-11-30-15/h4-7,9,13H,8,10-11H2,1-3H3/t13-/m1/s1. The van der Waals surface area contributed by atoms with Crippen LogP contribution in [0.5, 0.6) is 28.7 Å². The fraction of sp³-hybridized carbons (Fsp3) is 0.318. The normalized spacial score (nSPS) is 17.0. The third-order valence-electron chi connectivity index (χ3n) is 5.51. The lowest BCUT2D eigenvalue weighted by Gasteiger charge is -2.16. The molecule has 166 valence electrons. The topological polar surface area (TPSA) is 105 Å². The molecule has 10 heteroatoms. The minimum absolute atomic E-state index is 0.0265. The molecule has 2 aliphatic heterocycles. The summed E-state index contributed by atoms with van der Waals surface area (Å²) < 4.78 is 32.4. The minimum Gasteiger partial charge on any atom is -0.493 e. The molecule has 1 atom stereocenters. The Kier molecular flexibility index (Phi) is 4.96. The van der Waals surface area contributed by atoms with Gasteiger partial charge in [-0.2, -0.15) is 4.98 Å². The number of nitrogens with zero attached hydrogens (tertiary/aromatic N) is 3. The van der Waals surface area contributed by atoms with Crippen molar-refractivity contribution in [2.45, 2.75) is 12.3 Å². The number of carbonyl (C=O) groups is 1. The van der Waals surface area contributed by atoms with Crippen LogP contribution in [0, 0.1) is 0 Å². The molecular weight excluding hydrogens is 418 g/mol. The van der Waals surface area contributed by atoms with Crippen LogP contribution in [0.1, 0.15) is 18.2 Å². The Morgan fingerprint density at radius 3 is 2.47 bits per heavy atom. The zero-order chi connectivity index (χ0) is 22.2. The Balaban J connectivity index is 1.39. The highest BCUT2D eigenvalue weighted by Crippen LogP contribution is 2.42. The Morgan fingerprint density at radius 1 is 1.00 bits per heavy atom. The van der Waals surface area contributed by atoms with Crippen molar-refractivity contribution in [2.24, 2.45) is 0 Å². The number of hydrogen-bond donors (Lipinski definition) is 0. The number of hydrogen-bond acceptors (Lipinski definition) is 9. The van der Waals surface area contributed by atoms with Gasteiger partial charge in [0.2, 0.25) is 30.2 Å². The van der Waals surface area contributed by atoms with Gasteiger partial charge in [-0.05, 0) is 24.3 Å². The fourth-order valence-electron chi connectivity index (χ4n) is 3.90. The predicted molar refractivity (Wildman–Crippen MR) is 112 cm³/mol. The van der Waals surface area contributed by atoms with Gasteiger partial charge in [0.25, 0.3) is 0 Å². The summed E-state index contributed by atoms with van der Waals surface area (Å²) in [6.07, 6.45) is 0.269. The van der Waals surface area contributed by atoms with Crippen molar-refractivity contribution in [3.05, 3.63) is 36.2 Å². The van der Waals surface area contributed by atoms with Crippen molar-refractivity contribution in [2.75, 3.05) is 39.6 Å². The lowest BCUT2D eigenvalue weighted by molar-refractivity contribution is -0.117. The van der Waals surface area contributed by atoms with E-state index < -0.39 is 0 Å². The van der Waals surface area contributed by atoms with Crippen molar-refractivity contribution in [3.8, 4) is 40.1 Å². The van der Waals surface area contributed by atoms with E-state index in [0.717, 1.165) is 5.69 Å². The number of ether oxygens (including phenoxy) is 5. The first-order valence-corrected chi connectivity index (χ1v) is 9.95. The first-order chi connectivity index (χ1) is 15.6. The maximum absolute atomic E-state index is 12.7. The molecule has 2 aliphatic rings. The SMILES string of the molecule is COc1cc(-c2noc([C@@H]3CC(=O)N(c4ccc5c(c4)OCO5)C3)n2)cc(OC)c1OC. The molecule has 0 aliphatic carbocycles. The molecular formula is C22H21N3O7. The largest absolute Gasteiger partial charge is 0.493 e. The molecule has 2 aromatic carbocycles. The maximum atomic E-state index is 12.7.